The molecule has 2 heterocycles. The van der Waals surface area contributed by atoms with E-state index < -0.39 is 10.0 Å². The van der Waals surface area contributed by atoms with Crippen molar-refractivity contribution in [2.45, 2.75) is 11.3 Å². The van der Waals surface area contributed by atoms with Gasteiger partial charge in [-0.15, -0.1) is 11.3 Å². The van der Waals surface area contributed by atoms with Crippen LogP contribution in [-0.4, -0.2) is 30.8 Å². The van der Waals surface area contributed by atoms with Crippen molar-refractivity contribution in [1.29, 1.82) is 5.26 Å². The minimum absolute atomic E-state index is 0.0743. The third-order valence-electron chi connectivity index (χ3n) is 3.26. The molecule has 1 aliphatic heterocycles. The Balaban J connectivity index is 2.13. The van der Waals surface area contributed by atoms with Crippen LogP contribution in [0.3, 0.4) is 0 Å². The lowest BCUT2D eigenvalue weighted by molar-refractivity contribution is 0.309. The molecule has 0 amide bonds. The van der Waals surface area contributed by atoms with E-state index in [1.807, 2.05) is 11.4 Å². The van der Waals surface area contributed by atoms with E-state index in [1.54, 1.807) is 23.7 Å². The fraction of sp³-hybridized carbons (Fsp3) is 0.231. The third-order valence-corrected chi connectivity index (χ3v) is 5.79. The number of nitrogens with zero attached hydrogens (tertiary/aromatic N) is 3. The number of hydrogen-bond donors (Lipinski definition) is 0. The zero-order chi connectivity index (χ0) is 14.2. The van der Waals surface area contributed by atoms with Crippen LogP contribution in [0.2, 0.25) is 0 Å². The Morgan fingerprint density at radius 2 is 2.15 bits per heavy atom. The predicted octanol–water partition coefficient (Wildman–Crippen LogP) is 2.08. The van der Waals surface area contributed by atoms with Crippen molar-refractivity contribution < 1.29 is 8.42 Å². The first kappa shape index (κ1) is 13.2. The highest BCUT2D eigenvalue weighted by molar-refractivity contribution is 7.89. The number of hydrogen-bond acceptors (Lipinski definition) is 5. The van der Waals surface area contributed by atoms with Gasteiger partial charge in [0.1, 0.15) is 11.0 Å². The van der Waals surface area contributed by atoms with Crippen LogP contribution in [0.4, 0.5) is 0 Å². The van der Waals surface area contributed by atoms with Gasteiger partial charge in [-0.2, -0.15) is 9.57 Å². The number of thiazole rings is 1. The quantitative estimate of drug-likeness (QED) is 0.870. The Morgan fingerprint density at radius 1 is 1.35 bits per heavy atom. The molecule has 1 aromatic carbocycles. The number of benzene rings is 1. The standard InChI is InChI=1S/C13H11N3O2S2/c14-7-11-3-2-10(12-8-19-9-15-12)6-13(11)20(17,18)16-4-1-5-16/h2-3,6,8-9H,1,4-5H2. The van der Waals surface area contributed by atoms with Gasteiger partial charge in [-0.05, 0) is 18.6 Å². The van der Waals surface area contributed by atoms with E-state index in [-0.39, 0.29) is 10.5 Å². The Labute approximate surface area is 121 Å². The van der Waals surface area contributed by atoms with Crippen molar-refractivity contribution in [3.05, 3.63) is 34.7 Å². The van der Waals surface area contributed by atoms with Gasteiger partial charge < -0.3 is 0 Å². The Hall–Kier alpha value is -1.75. The fourth-order valence-electron chi connectivity index (χ4n) is 2.01. The van der Waals surface area contributed by atoms with Crippen LogP contribution in [0.5, 0.6) is 0 Å². The maximum absolute atomic E-state index is 12.5. The third kappa shape index (κ3) is 2.12. The molecule has 0 N–H and O–H groups in total. The molecule has 102 valence electrons. The summed E-state index contributed by atoms with van der Waals surface area (Å²) < 4.78 is 26.3. The maximum Gasteiger partial charge on any atom is 0.244 e. The van der Waals surface area contributed by atoms with Gasteiger partial charge in [0.2, 0.25) is 10.0 Å². The summed E-state index contributed by atoms with van der Waals surface area (Å²) in [6.45, 7) is 1.04. The smallest absolute Gasteiger partial charge is 0.244 e. The molecule has 2 aromatic rings. The Kier molecular flexibility index (Phi) is 3.30. The average molecular weight is 305 g/mol. The second-order valence-electron chi connectivity index (χ2n) is 4.45. The highest BCUT2D eigenvalue weighted by Gasteiger charge is 2.31. The topological polar surface area (TPSA) is 74.1 Å². The summed E-state index contributed by atoms with van der Waals surface area (Å²) in [4.78, 5) is 4.25. The van der Waals surface area contributed by atoms with Crippen LogP contribution in [0, 0.1) is 11.3 Å². The monoisotopic (exact) mass is 305 g/mol. The zero-order valence-electron chi connectivity index (χ0n) is 10.5. The molecular formula is C13H11N3O2S2. The molecule has 5 nitrogen and oxygen atoms in total. The van der Waals surface area contributed by atoms with Crippen LogP contribution in [0.25, 0.3) is 11.3 Å². The van der Waals surface area contributed by atoms with E-state index in [9.17, 15) is 8.42 Å². The molecule has 1 saturated heterocycles. The summed E-state index contributed by atoms with van der Waals surface area (Å²) in [6.07, 6.45) is 0.868. The number of sulfonamides is 1. The number of aromatic nitrogens is 1. The van der Waals surface area contributed by atoms with E-state index in [1.165, 1.54) is 15.6 Å². The second kappa shape index (κ2) is 4.98. The van der Waals surface area contributed by atoms with Crippen molar-refractivity contribution >= 4 is 21.4 Å². The van der Waals surface area contributed by atoms with Crippen molar-refractivity contribution in [2.24, 2.45) is 0 Å². The van der Waals surface area contributed by atoms with Crippen molar-refractivity contribution in [3.63, 3.8) is 0 Å². The molecule has 7 heteroatoms. The van der Waals surface area contributed by atoms with E-state index in [4.69, 9.17) is 5.26 Å². The molecule has 0 radical (unpaired) electrons. The number of nitriles is 1. The van der Waals surface area contributed by atoms with Crippen LogP contribution in [0.1, 0.15) is 12.0 Å². The van der Waals surface area contributed by atoms with Gasteiger partial charge in [0, 0.05) is 24.0 Å². The van der Waals surface area contributed by atoms with E-state index in [0.717, 1.165) is 12.1 Å². The molecule has 1 aliphatic rings. The molecular weight excluding hydrogens is 294 g/mol. The van der Waals surface area contributed by atoms with Crippen LogP contribution in [-0.2, 0) is 10.0 Å². The minimum Gasteiger partial charge on any atom is -0.245 e. The van der Waals surface area contributed by atoms with Crippen LogP contribution in [0.15, 0.2) is 34.0 Å². The highest BCUT2D eigenvalue weighted by Crippen LogP contribution is 2.28. The molecule has 0 saturated carbocycles. The lowest BCUT2D eigenvalue weighted by Gasteiger charge is -2.30. The molecule has 0 unspecified atom stereocenters. The SMILES string of the molecule is N#Cc1ccc(-c2cscn2)cc1S(=O)(=O)N1CCC1. The Bertz CT molecular complexity index is 772. The summed E-state index contributed by atoms with van der Waals surface area (Å²) in [5.41, 5.74) is 3.30. The average Bonchev–Trinajstić information content (AvgIpc) is 2.89. The van der Waals surface area contributed by atoms with Gasteiger partial charge in [0.25, 0.3) is 0 Å². The minimum atomic E-state index is -3.57. The fourth-order valence-corrected chi connectivity index (χ4v) is 4.25. The molecule has 0 aliphatic carbocycles. The van der Waals surface area contributed by atoms with Crippen LogP contribution >= 0.6 is 11.3 Å². The molecule has 1 fully saturated rings. The molecule has 3 rings (SSSR count). The van der Waals surface area contributed by atoms with Gasteiger partial charge in [-0.25, -0.2) is 13.4 Å². The highest BCUT2D eigenvalue weighted by atomic mass is 32.2. The zero-order valence-corrected chi connectivity index (χ0v) is 12.1. The summed E-state index contributed by atoms with van der Waals surface area (Å²) in [5, 5.41) is 11.0. The first-order chi connectivity index (χ1) is 9.63. The normalized spacial score (nSPS) is 15.6. The van der Waals surface area contributed by atoms with Gasteiger partial charge in [0.05, 0.1) is 16.8 Å². The van der Waals surface area contributed by atoms with Gasteiger partial charge in [0.15, 0.2) is 0 Å². The first-order valence-corrected chi connectivity index (χ1v) is 8.44. The van der Waals surface area contributed by atoms with E-state index >= 15 is 0 Å². The van der Waals surface area contributed by atoms with E-state index in [2.05, 4.69) is 4.98 Å². The predicted molar refractivity (Wildman–Crippen MR) is 75.6 cm³/mol. The van der Waals surface area contributed by atoms with Crippen molar-refractivity contribution in [1.82, 2.24) is 9.29 Å². The summed E-state index contributed by atoms with van der Waals surface area (Å²) >= 11 is 1.44. The second-order valence-corrected chi connectivity index (χ2v) is 7.08. The summed E-state index contributed by atoms with van der Waals surface area (Å²) in [7, 11) is -3.57. The summed E-state index contributed by atoms with van der Waals surface area (Å²) in [6, 6.07) is 6.76. The van der Waals surface area contributed by atoms with Gasteiger partial charge in [-0.1, -0.05) is 6.07 Å². The van der Waals surface area contributed by atoms with E-state index in [0.29, 0.717) is 18.7 Å². The molecule has 20 heavy (non-hydrogen) atoms. The summed E-state index contributed by atoms with van der Waals surface area (Å²) in [5.74, 6) is 0. The first-order valence-electron chi connectivity index (χ1n) is 6.06. The van der Waals surface area contributed by atoms with Crippen molar-refractivity contribution in [2.75, 3.05) is 13.1 Å². The lowest BCUT2D eigenvalue weighted by atomic mass is 10.1. The number of rotatable bonds is 3. The molecule has 0 spiro atoms. The van der Waals surface area contributed by atoms with Gasteiger partial charge >= 0.3 is 0 Å². The van der Waals surface area contributed by atoms with Gasteiger partial charge in [-0.3, -0.25) is 0 Å². The maximum atomic E-state index is 12.5. The van der Waals surface area contributed by atoms with Crippen molar-refractivity contribution in [3.8, 4) is 17.3 Å². The molecule has 1 aromatic heterocycles. The molecule has 0 atom stereocenters. The largest absolute Gasteiger partial charge is 0.245 e. The lowest BCUT2D eigenvalue weighted by Crippen LogP contribution is -2.42. The van der Waals surface area contributed by atoms with Crippen LogP contribution < -0.4 is 0 Å². The molecule has 0 bridgehead atoms. The Morgan fingerprint density at radius 3 is 2.70 bits per heavy atom.